The summed E-state index contributed by atoms with van der Waals surface area (Å²) in [7, 11) is 0. The summed E-state index contributed by atoms with van der Waals surface area (Å²) in [5, 5.41) is 4.86. The maximum absolute atomic E-state index is 12.5. The lowest BCUT2D eigenvalue weighted by molar-refractivity contribution is 0.364. The minimum absolute atomic E-state index is 0.159. The maximum atomic E-state index is 12.5. The van der Waals surface area contributed by atoms with Crippen molar-refractivity contribution in [3.8, 4) is 0 Å². The molecule has 0 aromatic carbocycles. The maximum Gasteiger partial charge on any atom is 0.263 e. The van der Waals surface area contributed by atoms with Crippen LogP contribution >= 0.6 is 11.6 Å². The van der Waals surface area contributed by atoms with Crippen molar-refractivity contribution >= 4 is 22.6 Å². The molecule has 0 spiro atoms. The number of rotatable bonds is 5. The van der Waals surface area contributed by atoms with Crippen LogP contribution in [0.4, 0.5) is 0 Å². The Morgan fingerprint density at radius 3 is 2.88 bits per heavy atom. The summed E-state index contributed by atoms with van der Waals surface area (Å²) in [5.41, 5.74) is 1.25. The van der Waals surface area contributed by atoms with Crippen molar-refractivity contribution in [2.24, 2.45) is 0 Å². The van der Waals surface area contributed by atoms with Gasteiger partial charge >= 0.3 is 0 Å². The first-order valence-electron chi connectivity index (χ1n) is 7.91. The molecule has 0 N–H and O–H groups in total. The minimum Gasteiger partial charge on any atom is -0.337 e. The van der Waals surface area contributed by atoms with Crippen molar-refractivity contribution in [1.82, 2.24) is 29.7 Å². The van der Waals surface area contributed by atoms with Crippen LogP contribution in [-0.4, -0.2) is 29.7 Å². The van der Waals surface area contributed by atoms with Gasteiger partial charge in [0.1, 0.15) is 18.0 Å². The van der Waals surface area contributed by atoms with Crippen LogP contribution in [-0.2, 0) is 19.4 Å². The molecule has 9 heteroatoms. The highest BCUT2D eigenvalue weighted by Crippen LogP contribution is 2.09. The van der Waals surface area contributed by atoms with Gasteiger partial charge in [0, 0.05) is 18.8 Å². The first-order chi connectivity index (χ1) is 12.7. The SMILES string of the molecule is O=c1c2cccnc2ncn1Cc1nc(CCc2ccc(Cl)nc2)no1. The third-order valence-corrected chi connectivity index (χ3v) is 4.06. The Kier molecular flexibility index (Phi) is 4.40. The largest absolute Gasteiger partial charge is 0.337 e. The molecule has 0 amide bonds. The van der Waals surface area contributed by atoms with Crippen molar-refractivity contribution < 1.29 is 4.52 Å². The summed E-state index contributed by atoms with van der Waals surface area (Å²) in [6.45, 7) is 0.159. The van der Waals surface area contributed by atoms with E-state index >= 15 is 0 Å². The molecule has 4 aromatic rings. The molecule has 0 fully saturated rings. The van der Waals surface area contributed by atoms with Crippen molar-refractivity contribution in [1.29, 1.82) is 0 Å². The molecule has 0 aliphatic rings. The average Bonchev–Trinajstić information content (AvgIpc) is 3.11. The summed E-state index contributed by atoms with van der Waals surface area (Å²) >= 11 is 5.77. The van der Waals surface area contributed by atoms with E-state index in [0.29, 0.717) is 40.7 Å². The van der Waals surface area contributed by atoms with E-state index in [1.165, 1.54) is 10.9 Å². The van der Waals surface area contributed by atoms with Crippen LogP contribution < -0.4 is 5.56 Å². The van der Waals surface area contributed by atoms with Gasteiger partial charge in [-0.3, -0.25) is 9.36 Å². The van der Waals surface area contributed by atoms with E-state index in [1.807, 2.05) is 6.07 Å². The molecular weight excluding hydrogens is 356 g/mol. The van der Waals surface area contributed by atoms with Gasteiger partial charge in [-0.2, -0.15) is 4.98 Å². The predicted octanol–water partition coefficient (Wildman–Crippen LogP) is 2.06. The fourth-order valence-electron chi connectivity index (χ4n) is 2.52. The molecule has 8 nitrogen and oxygen atoms in total. The summed E-state index contributed by atoms with van der Waals surface area (Å²) in [6.07, 6.45) is 6.06. The third-order valence-electron chi connectivity index (χ3n) is 3.84. The molecule has 0 aliphatic heterocycles. The first kappa shape index (κ1) is 16.3. The highest BCUT2D eigenvalue weighted by Gasteiger charge is 2.10. The number of hydrogen-bond acceptors (Lipinski definition) is 7. The molecular formula is C17H13ClN6O2. The lowest BCUT2D eigenvalue weighted by Gasteiger charge is -2.02. The van der Waals surface area contributed by atoms with Crippen molar-refractivity contribution in [2.75, 3.05) is 0 Å². The molecule has 130 valence electrons. The second-order valence-corrected chi connectivity index (χ2v) is 6.03. The van der Waals surface area contributed by atoms with Crippen molar-refractivity contribution in [3.05, 3.63) is 75.8 Å². The zero-order valence-electron chi connectivity index (χ0n) is 13.5. The lowest BCUT2D eigenvalue weighted by Crippen LogP contribution is -2.21. The van der Waals surface area contributed by atoms with Crippen LogP contribution in [0.5, 0.6) is 0 Å². The van der Waals surface area contributed by atoms with Crippen molar-refractivity contribution in [3.63, 3.8) is 0 Å². The van der Waals surface area contributed by atoms with E-state index in [0.717, 1.165) is 5.56 Å². The zero-order valence-corrected chi connectivity index (χ0v) is 14.3. The van der Waals surface area contributed by atoms with Crippen LogP contribution in [0.2, 0.25) is 5.15 Å². The Bertz CT molecular complexity index is 1110. The minimum atomic E-state index is -0.199. The smallest absolute Gasteiger partial charge is 0.263 e. The zero-order chi connectivity index (χ0) is 17.9. The molecule has 0 saturated carbocycles. The molecule has 4 aromatic heterocycles. The highest BCUT2D eigenvalue weighted by molar-refractivity contribution is 6.29. The number of hydrogen-bond donors (Lipinski definition) is 0. The van der Waals surface area contributed by atoms with Crippen LogP contribution in [0, 0.1) is 0 Å². The Hall–Kier alpha value is -3.13. The molecule has 0 saturated heterocycles. The van der Waals surface area contributed by atoms with Crippen LogP contribution in [0.3, 0.4) is 0 Å². The van der Waals surface area contributed by atoms with Crippen molar-refractivity contribution in [2.45, 2.75) is 19.4 Å². The molecule has 0 radical (unpaired) electrons. The average molecular weight is 369 g/mol. The molecule has 0 bridgehead atoms. The summed E-state index contributed by atoms with van der Waals surface area (Å²) in [5.74, 6) is 0.916. The van der Waals surface area contributed by atoms with Gasteiger partial charge in [-0.25, -0.2) is 15.0 Å². The van der Waals surface area contributed by atoms with E-state index < -0.39 is 0 Å². The number of pyridine rings is 2. The van der Waals surface area contributed by atoms with Gasteiger partial charge in [0.25, 0.3) is 5.56 Å². The van der Waals surface area contributed by atoms with Gasteiger partial charge in [0.05, 0.1) is 5.39 Å². The number of aryl methyl sites for hydroxylation is 2. The lowest BCUT2D eigenvalue weighted by atomic mass is 10.1. The Balaban J connectivity index is 1.47. The molecule has 0 unspecified atom stereocenters. The first-order valence-corrected chi connectivity index (χ1v) is 8.29. The van der Waals surface area contributed by atoms with Crippen LogP contribution in [0.25, 0.3) is 11.0 Å². The van der Waals surface area contributed by atoms with Gasteiger partial charge in [-0.15, -0.1) is 0 Å². The van der Waals surface area contributed by atoms with E-state index in [9.17, 15) is 4.79 Å². The normalized spacial score (nSPS) is 11.1. The standard InChI is InChI=1S/C17H13ClN6O2/c18-13-5-3-11(8-20-13)4-6-14-22-15(26-23-14)9-24-10-21-16-12(17(24)25)2-1-7-19-16/h1-3,5,7-8,10H,4,6,9H2. The highest BCUT2D eigenvalue weighted by atomic mass is 35.5. The molecule has 0 aliphatic carbocycles. The van der Waals surface area contributed by atoms with Gasteiger partial charge in [-0.05, 0) is 30.2 Å². The number of fused-ring (bicyclic) bond motifs is 1. The van der Waals surface area contributed by atoms with Crippen LogP contribution in [0.1, 0.15) is 17.3 Å². The summed E-state index contributed by atoms with van der Waals surface area (Å²) in [4.78, 5) is 29.1. The molecule has 4 heterocycles. The quantitative estimate of drug-likeness (QED) is 0.497. The monoisotopic (exact) mass is 368 g/mol. The number of halogens is 1. The Morgan fingerprint density at radius 1 is 1.12 bits per heavy atom. The fraction of sp³-hybridized carbons (Fsp3) is 0.176. The summed E-state index contributed by atoms with van der Waals surface area (Å²) < 4.78 is 6.66. The van der Waals surface area contributed by atoms with Gasteiger partial charge in [0.15, 0.2) is 11.5 Å². The van der Waals surface area contributed by atoms with Gasteiger partial charge in [-0.1, -0.05) is 22.8 Å². The molecule has 0 atom stereocenters. The predicted molar refractivity (Wildman–Crippen MR) is 93.9 cm³/mol. The van der Waals surface area contributed by atoms with E-state index in [-0.39, 0.29) is 12.1 Å². The third kappa shape index (κ3) is 3.45. The Labute approximate surface area is 152 Å². The molecule has 26 heavy (non-hydrogen) atoms. The van der Waals surface area contributed by atoms with Gasteiger partial charge in [0.2, 0.25) is 5.89 Å². The number of nitrogens with zero attached hydrogens (tertiary/aromatic N) is 6. The van der Waals surface area contributed by atoms with E-state index in [1.54, 1.807) is 30.6 Å². The van der Waals surface area contributed by atoms with Gasteiger partial charge < -0.3 is 4.52 Å². The van der Waals surface area contributed by atoms with E-state index in [2.05, 4.69) is 25.1 Å². The second-order valence-electron chi connectivity index (χ2n) is 5.65. The second kappa shape index (κ2) is 7.01. The van der Waals surface area contributed by atoms with E-state index in [4.69, 9.17) is 16.1 Å². The Morgan fingerprint density at radius 2 is 2.04 bits per heavy atom. The number of aromatic nitrogens is 6. The molecule has 4 rings (SSSR count). The summed E-state index contributed by atoms with van der Waals surface area (Å²) in [6, 6.07) is 7.04. The van der Waals surface area contributed by atoms with Crippen LogP contribution in [0.15, 0.2) is 52.3 Å². The topological polar surface area (TPSA) is 99.6 Å². The fourth-order valence-corrected chi connectivity index (χ4v) is 2.63.